The molecule has 0 saturated heterocycles. The number of unbranched alkanes of at least 4 members (excludes halogenated alkanes) is 4. The molecular weight excluding hydrogens is 284 g/mol. The fourth-order valence-electron chi connectivity index (χ4n) is 2.42. The van der Waals surface area contributed by atoms with Crippen molar-refractivity contribution in [2.75, 3.05) is 0 Å². The van der Waals surface area contributed by atoms with Gasteiger partial charge in [0, 0.05) is 12.5 Å². The molecule has 5 heteroatoms. The van der Waals surface area contributed by atoms with Crippen LogP contribution in [0.2, 0.25) is 0 Å². The predicted molar refractivity (Wildman–Crippen MR) is 85.1 cm³/mol. The molecule has 22 heavy (non-hydrogen) atoms. The van der Waals surface area contributed by atoms with Crippen LogP contribution in [-0.2, 0) is 6.42 Å². The monoisotopic (exact) mass is 312 g/mol. The van der Waals surface area contributed by atoms with Gasteiger partial charge in [-0.15, -0.1) is 0 Å². The summed E-state index contributed by atoms with van der Waals surface area (Å²) in [5.74, 6) is 0.102. The van der Waals surface area contributed by atoms with Crippen LogP contribution in [-0.4, -0.2) is 27.5 Å². The Bertz CT molecular complexity index is 494. The van der Waals surface area contributed by atoms with Crippen molar-refractivity contribution in [3.8, 4) is 5.75 Å². The lowest BCUT2D eigenvalue weighted by molar-refractivity contribution is 0.0711. The Morgan fingerprint density at radius 3 is 2.45 bits per heavy atom. The van der Waals surface area contributed by atoms with Crippen LogP contribution in [0.1, 0.15) is 63.2 Å². The molecule has 1 aromatic rings. The van der Waals surface area contributed by atoms with E-state index >= 15 is 0 Å². The quantitative estimate of drug-likeness (QED) is 0.578. The summed E-state index contributed by atoms with van der Waals surface area (Å²) in [6.07, 6.45) is 5.31. The van der Waals surface area contributed by atoms with E-state index in [0.29, 0.717) is 6.42 Å². The van der Waals surface area contributed by atoms with Gasteiger partial charge in [0.15, 0.2) is 0 Å². The van der Waals surface area contributed by atoms with Crippen molar-refractivity contribution in [3.63, 3.8) is 0 Å². The Labute approximate surface area is 131 Å². The van der Waals surface area contributed by atoms with E-state index in [1.54, 1.807) is 0 Å². The summed E-state index contributed by atoms with van der Waals surface area (Å²) in [5, 5.41) is 29.4. The molecule has 0 fully saturated rings. The third-order valence-electron chi connectivity index (χ3n) is 3.83. The van der Waals surface area contributed by atoms with Crippen LogP contribution in [0.15, 0.2) is 15.3 Å². The smallest absolute Gasteiger partial charge is 0.342 e. The molecule has 1 aromatic heterocycles. The summed E-state index contributed by atoms with van der Waals surface area (Å²) in [4.78, 5) is 11.4. The molecule has 1 heterocycles. The lowest BCUT2D eigenvalue weighted by Crippen LogP contribution is -2.20. The first kappa shape index (κ1) is 18.7. The molecule has 2 atom stereocenters. The Hall–Kier alpha value is -1.33. The second kappa shape index (κ2) is 9.64. The standard InChI is InChI=1S/C17H28O5/c1-3-4-5-6-7-8-13(18)9-14(19)10-15-11-16(20)12(2)17(21)22-15/h11,13-14,18-20H,3-10H2,1-2H3. The maximum atomic E-state index is 11.4. The van der Waals surface area contributed by atoms with Gasteiger partial charge < -0.3 is 19.7 Å². The molecule has 126 valence electrons. The number of rotatable bonds is 10. The first-order valence-corrected chi connectivity index (χ1v) is 8.12. The minimum atomic E-state index is -0.795. The molecule has 0 bridgehead atoms. The topological polar surface area (TPSA) is 90.9 Å². The SMILES string of the molecule is CCCCCCCC(O)CC(O)Cc1cc(O)c(C)c(=O)o1. The maximum Gasteiger partial charge on any atom is 0.342 e. The van der Waals surface area contributed by atoms with Crippen molar-refractivity contribution in [2.45, 2.75) is 77.4 Å². The van der Waals surface area contributed by atoms with Gasteiger partial charge in [-0.1, -0.05) is 39.0 Å². The second-order valence-corrected chi connectivity index (χ2v) is 5.96. The number of hydrogen-bond acceptors (Lipinski definition) is 5. The van der Waals surface area contributed by atoms with Gasteiger partial charge in [-0.05, 0) is 19.8 Å². The lowest BCUT2D eigenvalue weighted by Gasteiger charge is -2.15. The molecule has 5 nitrogen and oxygen atoms in total. The highest BCUT2D eigenvalue weighted by Gasteiger charge is 2.15. The van der Waals surface area contributed by atoms with E-state index in [2.05, 4.69) is 6.92 Å². The third kappa shape index (κ3) is 6.62. The normalized spacial score (nSPS) is 14.0. The summed E-state index contributed by atoms with van der Waals surface area (Å²) in [6.45, 7) is 3.64. The predicted octanol–water partition coefficient (Wildman–Crippen LogP) is 2.67. The lowest BCUT2D eigenvalue weighted by atomic mass is 10.0. The van der Waals surface area contributed by atoms with Gasteiger partial charge in [-0.25, -0.2) is 4.79 Å². The van der Waals surface area contributed by atoms with E-state index in [0.717, 1.165) is 12.8 Å². The van der Waals surface area contributed by atoms with Gasteiger partial charge in [0.05, 0.1) is 17.8 Å². The molecule has 0 amide bonds. The Morgan fingerprint density at radius 2 is 1.82 bits per heavy atom. The highest BCUT2D eigenvalue weighted by atomic mass is 16.4. The molecule has 0 aliphatic carbocycles. The Balaban J connectivity index is 2.36. The van der Waals surface area contributed by atoms with Crippen LogP contribution < -0.4 is 5.63 Å². The summed E-state index contributed by atoms with van der Waals surface area (Å²) < 4.78 is 5.01. The zero-order chi connectivity index (χ0) is 16.5. The molecule has 0 aliphatic rings. The van der Waals surface area contributed by atoms with E-state index in [9.17, 15) is 20.1 Å². The number of aliphatic hydroxyl groups excluding tert-OH is 2. The van der Waals surface area contributed by atoms with Crippen molar-refractivity contribution in [1.29, 1.82) is 0 Å². The van der Waals surface area contributed by atoms with Gasteiger partial charge >= 0.3 is 5.63 Å². The minimum Gasteiger partial charge on any atom is -0.507 e. The summed E-state index contributed by atoms with van der Waals surface area (Å²) in [5.41, 5.74) is -0.441. The highest BCUT2D eigenvalue weighted by molar-refractivity contribution is 5.28. The van der Waals surface area contributed by atoms with Gasteiger partial charge in [0.1, 0.15) is 11.5 Å². The highest BCUT2D eigenvalue weighted by Crippen LogP contribution is 2.17. The average Bonchev–Trinajstić information content (AvgIpc) is 2.44. The van der Waals surface area contributed by atoms with Crippen LogP contribution in [0.3, 0.4) is 0 Å². The summed E-state index contributed by atoms with van der Waals surface area (Å²) in [7, 11) is 0. The molecule has 0 radical (unpaired) electrons. The molecule has 1 rings (SSSR count). The maximum absolute atomic E-state index is 11.4. The van der Waals surface area contributed by atoms with E-state index in [-0.39, 0.29) is 29.9 Å². The van der Waals surface area contributed by atoms with Gasteiger partial charge in [-0.2, -0.15) is 0 Å². The molecule has 3 N–H and O–H groups in total. The first-order chi connectivity index (χ1) is 10.4. The van der Waals surface area contributed by atoms with E-state index in [1.807, 2.05) is 0 Å². The van der Waals surface area contributed by atoms with Crippen LogP contribution in [0, 0.1) is 6.92 Å². The van der Waals surface area contributed by atoms with E-state index in [4.69, 9.17) is 4.42 Å². The van der Waals surface area contributed by atoms with Crippen LogP contribution in [0.4, 0.5) is 0 Å². The molecule has 0 spiro atoms. The summed E-state index contributed by atoms with van der Waals surface area (Å²) >= 11 is 0. The second-order valence-electron chi connectivity index (χ2n) is 5.96. The zero-order valence-electron chi connectivity index (χ0n) is 13.5. The van der Waals surface area contributed by atoms with Crippen LogP contribution >= 0.6 is 0 Å². The first-order valence-electron chi connectivity index (χ1n) is 8.12. The van der Waals surface area contributed by atoms with Gasteiger partial charge in [0.25, 0.3) is 0 Å². The van der Waals surface area contributed by atoms with Gasteiger partial charge in [-0.3, -0.25) is 0 Å². The molecule has 0 aromatic carbocycles. The molecular formula is C17H28O5. The van der Waals surface area contributed by atoms with Crippen LogP contribution in [0.25, 0.3) is 0 Å². The van der Waals surface area contributed by atoms with Crippen molar-refractivity contribution in [3.05, 3.63) is 27.8 Å². The number of aliphatic hydroxyl groups is 2. The van der Waals surface area contributed by atoms with Crippen molar-refractivity contribution >= 4 is 0 Å². The molecule has 0 saturated carbocycles. The van der Waals surface area contributed by atoms with Crippen molar-refractivity contribution in [2.24, 2.45) is 0 Å². The number of hydrogen-bond donors (Lipinski definition) is 3. The zero-order valence-corrected chi connectivity index (χ0v) is 13.5. The average molecular weight is 312 g/mol. The van der Waals surface area contributed by atoms with E-state index < -0.39 is 17.8 Å². The third-order valence-corrected chi connectivity index (χ3v) is 3.83. The largest absolute Gasteiger partial charge is 0.507 e. The van der Waals surface area contributed by atoms with Gasteiger partial charge in [0.2, 0.25) is 0 Å². The Morgan fingerprint density at radius 1 is 1.14 bits per heavy atom. The fourth-order valence-corrected chi connectivity index (χ4v) is 2.42. The van der Waals surface area contributed by atoms with E-state index in [1.165, 1.54) is 32.3 Å². The minimum absolute atomic E-state index is 0.107. The molecule has 2 unspecified atom stereocenters. The van der Waals surface area contributed by atoms with Crippen molar-refractivity contribution < 1.29 is 19.7 Å². The summed E-state index contributed by atoms with van der Waals surface area (Å²) in [6, 6.07) is 1.34. The Kier molecular flexibility index (Phi) is 8.20. The fraction of sp³-hybridized carbons (Fsp3) is 0.706. The van der Waals surface area contributed by atoms with Crippen molar-refractivity contribution in [1.82, 2.24) is 0 Å². The van der Waals surface area contributed by atoms with Crippen LogP contribution in [0.5, 0.6) is 5.75 Å². The number of aromatic hydroxyl groups is 1. The molecule has 0 aliphatic heterocycles.